The Balaban J connectivity index is 1.99. The zero-order chi connectivity index (χ0) is 14.7. The maximum atomic E-state index is 12.0. The number of carbonyl (C=O) groups excluding carboxylic acids is 1. The van der Waals surface area contributed by atoms with Crippen LogP contribution in [0, 0.1) is 0 Å². The van der Waals surface area contributed by atoms with Crippen LogP contribution in [0.25, 0.3) is 0 Å². The number of benzene rings is 2. The van der Waals surface area contributed by atoms with Crippen molar-refractivity contribution in [1.82, 2.24) is 5.32 Å². The Hall–Kier alpha value is -2.13. The molecule has 1 atom stereocenters. The van der Waals surface area contributed by atoms with Crippen molar-refractivity contribution < 1.29 is 4.79 Å². The largest absolute Gasteiger partial charge is 0.368 e. The van der Waals surface area contributed by atoms with Crippen LogP contribution in [0.3, 0.4) is 0 Å². The van der Waals surface area contributed by atoms with Gasteiger partial charge in [-0.3, -0.25) is 4.79 Å². The van der Waals surface area contributed by atoms with Gasteiger partial charge in [0.1, 0.15) is 0 Å². The number of rotatable bonds is 6. The van der Waals surface area contributed by atoms with Gasteiger partial charge in [-0.2, -0.15) is 0 Å². The summed E-state index contributed by atoms with van der Waals surface area (Å²) in [7, 11) is 0. The van der Waals surface area contributed by atoms with E-state index in [0.29, 0.717) is 6.04 Å². The van der Waals surface area contributed by atoms with Crippen molar-refractivity contribution in [2.24, 2.45) is 5.73 Å². The Bertz CT molecular complexity index is 554. The highest BCUT2D eigenvalue weighted by atomic mass is 16.1. The van der Waals surface area contributed by atoms with Gasteiger partial charge in [0.25, 0.3) is 0 Å². The Morgan fingerprint density at radius 3 is 1.81 bits per heavy atom. The highest BCUT2D eigenvalue weighted by Gasteiger charge is 2.34. The summed E-state index contributed by atoms with van der Waals surface area (Å²) in [6.07, 6.45) is 2.25. The monoisotopic (exact) mass is 280 g/mol. The van der Waals surface area contributed by atoms with E-state index in [0.717, 1.165) is 24.0 Å². The van der Waals surface area contributed by atoms with Crippen molar-refractivity contribution in [2.45, 2.75) is 30.8 Å². The van der Waals surface area contributed by atoms with E-state index in [1.807, 2.05) is 36.4 Å². The Kier molecular flexibility index (Phi) is 4.02. The summed E-state index contributed by atoms with van der Waals surface area (Å²) < 4.78 is 0. The molecule has 0 aliphatic heterocycles. The van der Waals surface area contributed by atoms with Crippen LogP contribution in [0.1, 0.15) is 29.9 Å². The molecular formula is C18H20N2O. The van der Waals surface area contributed by atoms with Crippen LogP contribution < -0.4 is 11.1 Å². The second-order valence-corrected chi connectivity index (χ2v) is 5.62. The van der Waals surface area contributed by atoms with Crippen LogP contribution in [0.4, 0.5) is 0 Å². The van der Waals surface area contributed by atoms with Crippen LogP contribution in [0.15, 0.2) is 60.7 Å². The third-order valence-corrected chi connectivity index (χ3v) is 3.95. The van der Waals surface area contributed by atoms with Gasteiger partial charge in [0.15, 0.2) is 0 Å². The molecule has 1 amide bonds. The van der Waals surface area contributed by atoms with Crippen molar-refractivity contribution in [3.63, 3.8) is 0 Å². The minimum absolute atomic E-state index is 0.0505. The van der Waals surface area contributed by atoms with Gasteiger partial charge < -0.3 is 11.1 Å². The van der Waals surface area contributed by atoms with E-state index in [4.69, 9.17) is 5.73 Å². The molecule has 21 heavy (non-hydrogen) atoms. The van der Waals surface area contributed by atoms with Crippen LogP contribution >= 0.6 is 0 Å². The summed E-state index contributed by atoms with van der Waals surface area (Å²) in [6, 6.07) is 20.3. The predicted octanol–water partition coefficient (Wildman–Crippen LogP) is 2.42. The molecule has 0 radical (unpaired) electrons. The Labute approximate surface area is 125 Å². The first kappa shape index (κ1) is 13.8. The molecular weight excluding hydrogens is 260 g/mol. The van der Waals surface area contributed by atoms with E-state index in [2.05, 4.69) is 29.6 Å². The zero-order valence-electron chi connectivity index (χ0n) is 11.9. The smallest absolute Gasteiger partial charge is 0.235 e. The number of hydrogen-bond donors (Lipinski definition) is 2. The van der Waals surface area contributed by atoms with Gasteiger partial charge >= 0.3 is 0 Å². The summed E-state index contributed by atoms with van der Waals surface area (Å²) in [5, 5.41) is 3.41. The van der Waals surface area contributed by atoms with Gasteiger partial charge in [0, 0.05) is 12.0 Å². The van der Waals surface area contributed by atoms with E-state index in [-0.39, 0.29) is 17.9 Å². The molecule has 1 aliphatic rings. The lowest BCUT2D eigenvalue weighted by atomic mass is 9.84. The molecule has 108 valence electrons. The quantitative estimate of drug-likeness (QED) is 0.854. The molecule has 3 nitrogen and oxygen atoms in total. The fourth-order valence-corrected chi connectivity index (χ4v) is 2.74. The lowest BCUT2D eigenvalue weighted by Gasteiger charge is -2.27. The van der Waals surface area contributed by atoms with E-state index in [9.17, 15) is 4.79 Å². The minimum atomic E-state index is -0.373. The number of nitrogens with two attached hydrogens (primary N) is 1. The fraction of sp³-hybridized carbons (Fsp3) is 0.278. The van der Waals surface area contributed by atoms with Gasteiger partial charge in [-0.05, 0) is 24.0 Å². The summed E-state index contributed by atoms with van der Waals surface area (Å²) >= 11 is 0. The molecule has 3 N–H and O–H groups in total. The normalized spacial score (nSPS) is 15.9. The predicted molar refractivity (Wildman–Crippen MR) is 83.9 cm³/mol. The van der Waals surface area contributed by atoms with Crippen LogP contribution in [0.2, 0.25) is 0 Å². The van der Waals surface area contributed by atoms with Crippen LogP contribution in [-0.2, 0) is 4.79 Å². The Morgan fingerprint density at radius 1 is 0.952 bits per heavy atom. The lowest BCUT2D eigenvalue weighted by molar-refractivity contribution is -0.120. The van der Waals surface area contributed by atoms with Crippen molar-refractivity contribution in [1.29, 1.82) is 0 Å². The molecule has 1 unspecified atom stereocenters. The van der Waals surface area contributed by atoms with Crippen molar-refractivity contribution in [3.05, 3.63) is 71.8 Å². The molecule has 2 aromatic carbocycles. The molecule has 1 aliphatic carbocycles. The summed E-state index contributed by atoms with van der Waals surface area (Å²) in [5.41, 5.74) is 7.91. The van der Waals surface area contributed by atoms with Gasteiger partial charge in [0.2, 0.25) is 5.91 Å². The molecule has 1 saturated carbocycles. The number of primary amides is 1. The number of nitrogens with one attached hydrogen (secondary N) is 1. The zero-order valence-corrected chi connectivity index (χ0v) is 11.9. The van der Waals surface area contributed by atoms with Gasteiger partial charge in [0.05, 0.1) is 6.04 Å². The minimum Gasteiger partial charge on any atom is -0.368 e. The number of amides is 1. The molecule has 3 rings (SSSR count). The van der Waals surface area contributed by atoms with Gasteiger partial charge in [-0.1, -0.05) is 60.7 Å². The molecule has 2 aromatic rings. The average Bonchev–Trinajstić information content (AvgIpc) is 3.33. The standard InChI is InChI=1S/C18H20N2O/c19-18(21)17(20-15-11-12-15)16(13-7-3-1-4-8-13)14-9-5-2-6-10-14/h1-10,15-17,20H,11-12H2,(H2,19,21). The van der Waals surface area contributed by atoms with E-state index in [1.54, 1.807) is 0 Å². The van der Waals surface area contributed by atoms with Crippen molar-refractivity contribution in [2.75, 3.05) is 0 Å². The SMILES string of the molecule is NC(=O)C(NC1CC1)C(c1ccccc1)c1ccccc1. The van der Waals surface area contributed by atoms with E-state index >= 15 is 0 Å². The topological polar surface area (TPSA) is 55.1 Å². The van der Waals surface area contributed by atoms with Gasteiger partial charge in [-0.25, -0.2) is 0 Å². The highest BCUT2D eigenvalue weighted by molar-refractivity contribution is 5.82. The maximum absolute atomic E-state index is 12.0. The fourth-order valence-electron chi connectivity index (χ4n) is 2.74. The molecule has 0 aromatic heterocycles. The van der Waals surface area contributed by atoms with E-state index in [1.165, 1.54) is 0 Å². The molecule has 3 heteroatoms. The van der Waals surface area contributed by atoms with Gasteiger partial charge in [-0.15, -0.1) is 0 Å². The summed E-state index contributed by atoms with van der Waals surface area (Å²) in [6.45, 7) is 0. The van der Waals surface area contributed by atoms with Crippen molar-refractivity contribution >= 4 is 5.91 Å². The third kappa shape index (κ3) is 3.31. The van der Waals surface area contributed by atoms with Crippen molar-refractivity contribution in [3.8, 4) is 0 Å². The molecule has 0 heterocycles. The maximum Gasteiger partial charge on any atom is 0.235 e. The first-order valence-electron chi connectivity index (χ1n) is 7.41. The molecule has 0 spiro atoms. The average molecular weight is 280 g/mol. The Morgan fingerprint density at radius 2 is 1.43 bits per heavy atom. The number of carbonyl (C=O) groups is 1. The lowest BCUT2D eigenvalue weighted by Crippen LogP contribution is -2.46. The van der Waals surface area contributed by atoms with Crippen LogP contribution in [0.5, 0.6) is 0 Å². The first-order valence-corrected chi connectivity index (χ1v) is 7.41. The summed E-state index contributed by atoms with van der Waals surface area (Å²) in [5.74, 6) is -0.342. The second-order valence-electron chi connectivity index (χ2n) is 5.62. The highest BCUT2D eigenvalue weighted by Crippen LogP contribution is 2.30. The van der Waals surface area contributed by atoms with E-state index < -0.39 is 0 Å². The summed E-state index contributed by atoms with van der Waals surface area (Å²) in [4.78, 5) is 12.0. The molecule has 1 fully saturated rings. The molecule has 0 bridgehead atoms. The second kappa shape index (κ2) is 6.10. The third-order valence-electron chi connectivity index (χ3n) is 3.95. The molecule has 0 saturated heterocycles. The first-order chi connectivity index (χ1) is 10.3. The number of hydrogen-bond acceptors (Lipinski definition) is 2. The van der Waals surface area contributed by atoms with Crippen LogP contribution in [-0.4, -0.2) is 18.0 Å².